The zero-order valence-corrected chi connectivity index (χ0v) is 9.19. The summed E-state index contributed by atoms with van der Waals surface area (Å²) in [4.78, 5) is 15.7. The Balaban J connectivity index is 1.98. The van der Waals surface area contributed by atoms with Gasteiger partial charge in [0.05, 0.1) is 17.7 Å². The zero-order chi connectivity index (χ0) is 11.2. The first-order valence-electron chi connectivity index (χ1n) is 5.49. The Kier molecular flexibility index (Phi) is 1.86. The van der Waals surface area contributed by atoms with Crippen molar-refractivity contribution in [1.29, 1.82) is 0 Å². The smallest absolute Gasteiger partial charge is 0.220 e. The first kappa shape index (κ1) is 9.78. The molecule has 3 rings (SSSR count). The first-order chi connectivity index (χ1) is 7.66. The molecular formula is C12H14N2O2. The Morgan fingerprint density at radius 3 is 2.88 bits per heavy atom. The van der Waals surface area contributed by atoms with Crippen LogP contribution in [0.5, 0.6) is 0 Å². The van der Waals surface area contributed by atoms with Gasteiger partial charge in [0.25, 0.3) is 0 Å². The molecule has 4 heteroatoms. The number of hydrogen-bond donors (Lipinski definition) is 1. The molecule has 3 heterocycles. The summed E-state index contributed by atoms with van der Waals surface area (Å²) in [7, 11) is 0. The summed E-state index contributed by atoms with van der Waals surface area (Å²) in [6, 6.07) is 5.80. The first-order valence-corrected chi connectivity index (χ1v) is 5.49. The van der Waals surface area contributed by atoms with Crippen molar-refractivity contribution in [3.63, 3.8) is 0 Å². The molecule has 2 aliphatic heterocycles. The summed E-state index contributed by atoms with van der Waals surface area (Å²) < 4.78 is 5.74. The lowest BCUT2D eigenvalue weighted by Gasteiger charge is -2.54. The molecule has 1 aromatic rings. The van der Waals surface area contributed by atoms with Crippen LogP contribution >= 0.6 is 0 Å². The van der Waals surface area contributed by atoms with Gasteiger partial charge in [0.2, 0.25) is 5.91 Å². The maximum atomic E-state index is 11.4. The number of pyridine rings is 1. The van der Waals surface area contributed by atoms with Crippen LogP contribution in [0.3, 0.4) is 0 Å². The molecule has 0 bridgehead atoms. The highest BCUT2D eigenvalue weighted by Gasteiger charge is 2.62. The van der Waals surface area contributed by atoms with Crippen LogP contribution in [0.1, 0.15) is 19.0 Å². The van der Waals surface area contributed by atoms with Gasteiger partial charge in [0.1, 0.15) is 5.60 Å². The van der Waals surface area contributed by atoms with Crippen LogP contribution in [-0.2, 0) is 15.1 Å². The standard InChI is InChI=1S/C12H14N2O2/c1-11(9-4-2-3-5-13-9)12(8-16-11)6-10(15)14-7-12/h2-5H,6-8H2,1H3,(H,14,15). The molecule has 1 spiro atoms. The van der Waals surface area contributed by atoms with Crippen LogP contribution < -0.4 is 5.32 Å². The van der Waals surface area contributed by atoms with E-state index < -0.39 is 5.60 Å². The summed E-state index contributed by atoms with van der Waals surface area (Å²) in [5.41, 5.74) is 0.393. The van der Waals surface area contributed by atoms with Crippen molar-refractivity contribution in [1.82, 2.24) is 10.3 Å². The van der Waals surface area contributed by atoms with Crippen molar-refractivity contribution in [3.05, 3.63) is 30.1 Å². The van der Waals surface area contributed by atoms with Gasteiger partial charge in [-0.3, -0.25) is 9.78 Å². The maximum Gasteiger partial charge on any atom is 0.220 e. The minimum Gasteiger partial charge on any atom is -0.367 e. The Hall–Kier alpha value is -1.42. The minimum atomic E-state index is -0.423. The number of amides is 1. The summed E-state index contributed by atoms with van der Waals surface area (Å²) in [5, 5.41) is 2.89. The predicted molar refractivity (Wildman–Crippen MR) is 57.6 cm³/mol. The van der Waals surface area contributed by atoms with Gasteiger partial charge in [-0.1, -0.05) is 6.07 Å². The second kappa shape index (κ2) is 3.04. The average Bonchev–Trinajstić information content (AvgIpc) is 2.73. The molecule has 1 N–H and O–H groups in total. The van der Waals surface area contributed by atoms with Crippen LogP contribution in [0.4, 0.5) is 0 Å². The molecule has 0 saturated carbocycles. The van der Waals surface area contributed by atoms with Crippen molar-refractivity contribution in [2.75, 3.05) is 13.2 Å². The largest absolute Gasteiger partial charge is 0.367 e. The molecule has 2 fully saturated rings. The monoisotopic (exact) mass is 218 g/mol. The number of aromatic nitrogens is 1. The van der Waals surface area contributed by atoms with E-state index in [1.165, 1.54) is 0 Å². The SMILES string of the molecule is CC1(c2ccccn2)OCC12CNC(=O)C2. The number of carbonyl (C=O) groups is 1. The fraction of sp³-hybridized carbons (Fsp3) is 0.500. The van der Waals surface area contributed by atoms with E-state index in [2.05, 4.69) is 10.3 Å². The minimum absolute atomic E-state index is 0.0988. The van der Waals surface area contributed by atoms with E-state index >= 15 is 0 Å². The lowest BCUT2D eigenvalue weighted by molar-refractivity contribution is -0.259. The van der Waals surface area contributed by atoms with Gasteiger partial charge in [-0.05, 0) is 19.1 Å². The van der Waals surface area contributed by atoms with E-state index in [4.69, 9.17) is 4.74 Å². The topological polar surface area (TPSA) is 51.2 Å². The van der Waals surface area contributed by atoms with Gasteiger partial charge in [-0.25, -0.2) is 0 Å². The van der Waals surface area contributed by atoms with Crippen molar-refractivity contribution in [2.24, 2.45) is 5.41 Å². The third-order valence-corrected chi connectivity index (χ3v) is 3.93. The zero-order valence-electron chi connectivity index (χ0n) is 9.19. The predicted octanol–water partition coefficient (Wildman–Crippen LogP) is 0.833. The number of hydrogen-bond acceptors (Lipinski definition) is 3. The number of ether oxygens (including phenoxy) is 1. The van der Waals surface area contributed by atoms with Gasteiger partial charge < -0.3 is 10.1 Å². The molecule has 2 unspecified atom stereocenters. The highest BCUT2D eigenvalue weighted by atomic mass is 16.5. The van der Waals surface area contributed by atoms with Crippen LogP contribution in [-0.4, -0.2) is 24.0 Å². The molecule has 0 aromatic carbocycles. The number of rotatable bonds is 1. The fourth-order valence-electron chi connectivity index (χ4n) is 2.62. The molecule has 2 atom stereocenters. The molecule has 84 valence electrons. The van der Waals surface area contributed by atoms with Crippen molar-refractivity contribution in [2.45, 2.75) is 18.9 Å². The van der Waals surface area contributed by atoms with Crippen molar-refractivity contribution < 1.29 is 9.53 Å². The van der Waals surface area contributed by atoms with Gasteiger partial charge in [0.15, 0.2) is 0 Å². The lowest BCUT2D eigenvalue weighted by atomic mass is 9.66. The van der Waals surface area contributed by atoms with Crippen molar-refractivity contribution >= 4 is 5.91 Å². The molecule has 4 nitrogen and oxygen atoms in total. The summed E-state index contributed by atoms with van der Waals surface area (Å²) in [6.07, 6.45) is 2.31. The van der Waals surface area contributed by atoms with Gasteiger partial charge in [-0.2, -0.15) is 0 Å². The number of nitrogens with zero attached hydrogens (tertiary/aromatic N) is 1. The van der Waals surface area contributed by atoms with Crippen LogP contribution in [0.25, 0.3) is 0 Å². The lowest BCUT2D eigenvalue weighted by Crippen LogP contribution is -2.60. The molecule has 16 heavy (non-hydrogen) atoms. The third kappa shape index (κ3) is 1.08. The fourth-order valence-corrected chi connectivity index (χ4v) is 2.62. The van der Waals surface area contributed by atoms with Gasteiger partial charge in [-0.15, -0.1) is 0 Å². The third-order valence-electron chi connectivity index (χ3n) is 3.93. The Labute approximate surface area is 94.0 Å². The van der Waals surface area contributed by atoms with E-state index in [0.717, 1.165) is 5.69 Å². The highest BCUT2D eigenvalue weighted by molar-refractivity contribution is 5.79. The van der Waals surface area contributed by atoms with E-state index in [0.29, 0.717) is 19.6 Å². The number of carbonyl (C=O) groups excluding carboxylic acids is 1. The Morgan fingerprint density at radius 2 is 2.38 bits per heavy atom. The molecule has 1 amide bonds. The molecule has 1 aromatic heterocycles. The normalized spacial score (nSPS) is 37.2. The maximum absolute atomic E-state index is 11.4. The molecular weight excluding hydrogens is 204 g/mol. The Morgan fingerprint density at radius 1 is 1.50 bits per heavy atom. The molecule has 0 radical (unpaired) electrons. The second-order valence-electron chi connectivity index (χ2n) is 4.77. The van der Waals surface area contributed by atoms with Crippen LogP contribution in [0, 0.1) is 5.41 Å². The van der Waals surface area contributed by atoms with E-state index in [-0.39, 0.29) is 11.3 Å². The van der Waals surface area contributed by atoms with Crippen LogP contribution in [0.15, 0.2) is 24.4 Å². The number of nitrogens with one attached hydrogen (secondary N) is 1. The summed E-state index contributed by atoms with van der Waals surface area (Å²) in [5.74, 6) is 0.116. The van der Waals surface area contributed by atoms with E-state index in [1.54, 1.807) is 6.20 Å². The highest BCUT2D eigenvalue weighted by Crippen LogP contribution is 2.54. The molecule has 2 aliphatic rings. The van der Waals surface area contributed by atoms with Gasteiger partial charge >= 0.3 is 0 Å². The van der Waals surface area contributed by atoms with E-state index in [9.17, 15) is 4.79 Å². The van der Waals surface area contributed by atoms with Gasteiger partial charge in [0, 0.05) is 19.2 Å². The Bertz CT molecular complexity index is 434. The van der Waals surface area contributed by atoms with Crippen LogP contribution in [0.2, 0.25) is 0 Å². The quantitative estimate of drug-likeness (QED) is 0.759. The molecule has 0 aliphatic carbocycles. The average molecular weight is 218 g/mol. The molecule has 2 saturated heterocycles. The summed E-state index contributed by atoms with van der Waals surface area (Å²) >= 11 is 0. The second-order valence-corrected chi connectivity index (χ2v) is 4.77. The summed E-state index contributed by atoms with van der Waals surface area (Å²) in [6.45, 7) is 3.36. The van der Waals surface area contributed by atoms with Crippen molar-refractivity contribution in [3.8, 4) is 0 Å². The van der Waals surface area contributed by atoms with E-state index in [1.807, 2.05) is 25.1 Å².